The highest BCUT2D eigenvalue weighted by molar-refractivity contribution is 5.65. The normalized spacial score (nSPS) is 24.6. The van der Waals surface area contributed by atoms with E-state index in [1.54, 1.807) is 26.4 Å². The summed E-state index contributed by atoms with van der Waals surface area (Å²) in [5.41, 5.74) is -0.839. The fourth-order valence-corrected chi connectivity index (χ4v) is 2.16. The number of carbonyl (C=O) groups excluding carboxylic acids is 1. The van der Waals surface area contributed by atoms with Crippen molar-refractivity contribution in [2.24, 2.45) is 0 Å². The molecule has 0 amide bonds. The maximum atomic E-state index is 11.4. The van der Waals surface area contributed by atoms with Crippen molar-refractivity contribution in [3.63, 3.8) is 0 Å². The van der Waals surface area contributed by atoms with E-state index in [-0.39, 0.29) is 0 Å². The second-order valence-electron chi connectivity index (χ2n) is 5.07. The molecule has 5 nitrogen and oxygen atoms in total. The first kappa shape index (κ1) is 13.5. The molecule has 19 heavy (non-hydrogen) atoms. The quantitative estimate of drug-likeness (QED) is 0.787. The molecular formula is C14H18O5. The van der Waals surface area contributed by atoms with Crippen LogP contribution in [0.2, 0.25) is 0 Å². The van der Waals surface area contributed by atoms with E-state index in [0.717, 1.165) is 5.56 Å². The minimum absolute atomic E-state index is 0.583. The fourth-order valence-electron chi connectivity index (χ4n) is 2.16. The summed E-state index contributed by atoms with van der Waals surface area (Å²) in [6.45, 7) is 5.45. The van der Waals surface area contributed by atoms with Crippen LogP contribution in [0.4, 0.5) is 4.79 Å². The maximum Gasteiger partial charge on any atom is 0.510 e. The largest absolute Gasteiger partial charge is 0.510 e. The molecule has 1 saturated heterocycles. The minimum atomic E-state index is -0.871. The lowest BCUT2D eigenvalue weighted by Gasteiger charge is -2.33. The highest BCUT2D eigenvalue weighted by Crippen LogP contribution is 2.46. The van der Waals surface area contributed by atoms with Crippen molar-refractivity contribution in [1.82, 2.24) is 0 Å². The van der Waals surface area contributed by atoms with Gasteiger partial charge in [0.05, 0.1) is 14.2 Å². The van der Waals surface area contributed by atoms with Crippen LogP contribution >= 0.6 is 0 Å². The van der Waals surface area contributed by atoms with E-state index in [1.165, 1.54) is 0 Å². The summed E-state index contributed by atoms with van der Waals surface area (Å²) in [5, 5.41) is 0. The summed E-state index contributed by atoms with van der Waals surface area (Å²) >= 11 is 0. The van der Waals surface area contributed by atoms with E-state index in [1.807, 2.05) is 26.8 Å². The average molecular weight is 266 g/mol. The Kier molecular flexibility index (Phi) is 3.08. The number of hydrogen-bond acceptors (Lipinski definition) is 5. The van der Waals surface area contributed by atoms with Crippen LogP contribution in [-0.4, -0.2) is 26.0 Å². The molecule has 1 unspecified atom stereocenters. The van der Waals surface area contributed by atoms with Crippen molar-refractivity contribution in [2.45, 2.75) is 32.0 Å². The molecule has 104 valence electrons. The second kappa shape index (κ2) is 4.33. The molecule has 0 aliphatic carbocycles. The van der Waals surface area contributed by atoms with Gasteiger partial charge in [0.25, 0.3) is 0 Å². The Balaban J connectivity index is 2.49. The van der Waals surface area contributed by atoms with Crippen molar-refractivity contribution in [3.05, 3.63) is 23.8 Å². The molecule has 1 aromatic carbocycles. The summed E-state index contributed by atoms with van der Waals surface area (Å²) in [7, 11) is 3.13. The lowest BCUT2D eigenvalue weighted by Crippen LogP contribution is -2.42. The van der Waals surface area contributed by atoms with Gasteiger partial charge in [-0.3, -0.25) is 0 Å². The number of ether oxygens (including phenoxy) is 4. The Hall–Kier alpha value is -1.91. The molecule has 0 N–H and O–H groups in total. The van der Waals surface area contributed by atoms with Crippen LogP contribution < -0.4 is 9.47 Å². The zero-order valence-electron chi connectivity index (χ0n) is 11.8. The Bertz CT molecular complexity index is 509. The third-order valence-corrected chi connectivity index (χ3v) is 3.71. The Morgan fingerprint density at radius 1 is 1.00 bits per heavy atom. The van der Waals surface area contributed by atoms with Gasteiger partial charge in [-0.1, -0.05) is 6.07 Å². The van der Waals surface area contributed by atoms with Gasteiger partial charge in [-0.2, -0.15) is 0 Å². The Labute approximate surface area is 112 Å². The molecule has 1 heterocycles. The number of methoxy groups -OCH3 is 2. The molecule has 5 heteroatoms. The molecule has 2 rings (SSSR count). The molecule has 0 spiro atoms. The van der Waals surface area contributed by atoms with Gasteiger partial charge in [-0.15, -0.1) is 0 Å². The van der Waals surface area contributed by atoms with E-state index < -0.39 is 17.4 Å². The zero-order chi connectivity index (χ0) is 14.3. The van der Waals surface area contributed by atoms with Gasteiger partial charge in [0.15, 0.2) is 22.7 Å². The van der Waals surface area contributed by atoms with Crippen molar-refractivity contribution < 1.29 is 23.7 Å². The number of hydrogen-bond donors (Lipinski definition) is 0. The maximum absolute atomic E-state index is 11.4. The van der Waals surface area contributed by atoms with E-state index >= 15 is 0 Å². The standard InChI is InChI=1S/C14H18O5/c1-13(2)14(3,19-12(15)18-13)9-6-7-10(16-4)11(8-9)17-5/h6-8H,1-5H3. The predicted octanol–water partition coefficient (Wildman–Crippen LogP) is 2.86. The number of benzene rings is 1. The molecule has 1 fully saturated rings. The van der Waals surface area contributed by atoms with E-state index in [0.29, 0.717) is 11.5 Å². The molecular weight excluding hydrogens is 248 g/mol. The van der Waals surface area contributed by atoms with Crippen LogP contribution in [0.5, 0.6) is 11.5 Å². The second-order valence-corrected chi connectivity index (χ2v) is 5.07. The third-order valence-electron chi connectivity index (χ3n) is 3.71. The molecule has 0 bridgehead atoms. The van der Waals surface area contributed by atoms with Crippen LogP contribution in [0.15, 0.2) is 18.2 Å². The van der Waals surface area contributed by atoms with Gasteiger partial charge in [-0.05, 0) is 32.9 Å². The van der Waals surface area contributed by atoms with Crippen LogP contribution in [0, 0.1) is 0 Å². The van der Waals surface area contributed by atoms with Crippen molar-refractivity contribution >= 4 is 6.16 Å². The van der Waals surface area contributed by atoms with Crippen molar-refractivity contribution in [3.8, 4) is 11.5 Å². The summed E-state index contributed by atoms with van der Waals surface area (Å²) in [4.78, 5) is 11.4. The Morgan fingerprint density at radius 3 is 2.11 bits per heavy atom. The molecule has 1 atom stereocenters. The lowest BCUT2D eigenvalue weighted by molar-refractivity contribution is -0.0136. The minimum Gasteiger partial charge on any atom is -0.493 e. The van der Waals surface area contributed by atoms with Crippen molar-refractivity contribution in [2.75, 3.05) is 14.2 Å². The van der Waals surface area contributed by atoms with Crippen LogP contribution in [0.3, 0.4) is 0 Å². The van der Waals surface area contributed by atoms with Gasteiger partial charge < -0.3 is 18.9 Å². The van der Waals surface area contributed by atoms with Gasteiger partial charge in [-0.25, -0.2) is 4.79 Å². The third kappa shape index (κ3) is 1.99. The smallest absolute Gasteiger partial charge is 0.493 e. The Morgan fingerprint density at radius 2 is 1.63 bits per heavy atom. The molecule has 0 aromatic heterocycles. The molecule has 1 aliphatic rings. The fraction of sp³-hybridized carbons (Fsp3) is 0.500. The first-order valence-electron chi connectivity index (χ1n) is 5.98. The highest BCUT2D eigenvalue weighted by Gasteiger charge is 2.55. The molecule has 0 saturated carbocycles. The van der Waals surface area contributed by atoms with Crippen LogP contribution in [-0.2, 0) is 15.1 Å². The van der Waals surface area contributed by atoms with Gasteiger partial charge in [0, 0.05) is 5.56 Å². The topological polar surface area (TPSA) is 54.0 Å². The average Bonchev–Trinajstić information content (AvgIpc) is 2.57. The van der Waals surface area contributed by atoms with Gasteiger partial charge in [0.1, 0.15) is 0 Å². The highest BCUT2D eigenvalue weighted by atomic mass is 16.8. The number of cyclic esters (lactones) is 2. The summed E-state index contributed by atoms with van der Waals surface area (Å²) in [6, 6.07) is 5.41. The summed E-state index contributed by atoms with van der Waals surface area (Å²) in [5.74, 6) is 1.21. The molecule has 0 radical (unpaired) electrons. The SMILES string of the molecule is COc1ccc(C2(C)OC(=O)OC2(C)C)cc1OC. The van der Waals surface area contributed by atoms with E-state index in [2.05, 4.69) is 0 Å². The first-order valence-corrected chi connectivity index (χ1v) is 5.98. The van der Waals surface area contributed by atoms with Crippen LogP contribution in [0.1, 0.15) is 26.3 Å². The molecule has 1 aliphatic heterocycles. The molecule has 1 aromatic rings. The summed E-state index contributed by atoms with van der Waals surface area (Å²) in [6.07, 6.45) is -0.665. The predicted molar refractivity (Wildman–Crippen MR) is 68.5 cm³/mol. The van der Waals surface area contributed by atoms with E-state index in [9.17, 15) is 4.79 Å². The van der Waals surface area contributed by atoms with Crippen LogP contribution in [0.25, 0.3) is 0 Å². The zero-order valence-corrected chi connectivity index (χ0v) is 11.8. The van der Waals surface area contributed by atoms with Crippen molar-refractivity contribution in [1.29, 1.82) is 0 Å². The summed E-state index contributed by atoms with van der Waals surface area (Å²) < 4.78 is 21.0. The van der Waals surface area contributed by atoms with Gasteiger partial charge >= 0.3 is 6.16 Å². The first-order chi connectivity index (χ1) is 8.84. The lowest BCUT2D eigenvalue weighted by atomic mass is 9.81. The number of rotatable bonds is 3. The monoisotopic (exact) mass is 266 g/mol. The van der Waals surface area contributed by atoms with E-state index in [4.69, 9.17) is 18.9 Å². The van der Waals surface area contributed by atoms with Gasteiger partial charge in [0.2, 0.25) is 0 Å². The number of carbonyl (C=O) groups is 1.